The third-order valence-electron chi connectivity index (χ3n) is 3.77. The quantitative estimate of drug-likeness (QED) is 0.526. The molecule has 0 N–H and O–H groups in total. The molecule has 2 aromatic carbocycles. The number of carbonyl (C=O) groups excluding carboxylic acids is 1. The van der Waals surface area contributed by atoms with E-state index >= 15 is 0 Å². The van der Waals surface area contributed by atoms with E-state index < -0.39 is 12.1 Å². The molecule has 7 nitrogen and oxygen atoms in total. The van der Waals surface area contributed by atoms with Crippen molar-refractivity contribution < 1.29 is 14.3 Å². The zero-order valence-corrected chi connectivity index (χ0v) is 14.2. The minimum atomic E-state index is -0.737. The molecule has 0 saturated heterocycles. The van der Waals surface area contributed by atoms with Gasteiger partial charge in [-0.1, -0.05) is 12.1 Å². The summed E-state index contributed by atoms with van der Waals surface area (Å²) in [5.41, 5.74) is 2.97. The summed E-state index contributed by atoms with van der Waals surface area (Å²) in [6.45, 7) is 5.67. The van der Waals surface area contributed by atoms with Gasteiger partial charge in [0.25, 0.3) is 0 Å². The van der Waals surface area contributed by atoms with Gasteiger partial charge in [-0.05, 0) is 66.6 Å². The molecule has 25 heavy (non-hydrogen) atoms. The van der Waals surface area contributed by atoms with E-state index in [2.05, 4.69) is 15.5 Å². The third-order valence-corrected chi connectivity index (χ3v) is 3.77. The molecule has 0 saturated carbocycles. The van der Waals surface area contributed by atoms with E-state index in [1.54, 1.807) is 25.1 Å². The Morgan fingerprint density at radius 1 is 1.08 bits per heavy atom. The number of hydrogen-bond donors (Lipinski definition) is 0. The van der Waals surface area contributed by atoms with E-state index in [9.17, 15) is 4.79 Å². The molecule has 1 heterocycles. The van der Waals surface area contributed by atoms with Gasteiger partial charge in [-0.2, -0.15) is 0 Å². The van der Waals surface area contributed by atoms with Crippen LogP contribution in [0.15, 0.2) is 48.8 Å². The smallest absolute Gasteiger partial charge is 0.352 e. The average Bonchev–Trinajstić information content (AvgIpc) is 3.13. The van der Waals surface area contributed by atoms with E-state index in [4.69, 9.17) is 9.47 Å². The third kappa shape index (κ3) is 4.00. The van der Waals surface area contributed by atoms with Gasteiger partial charge in [0.15, 0.2) is 6.10 Å². The van der Waals surface area contributed by atoms with Crippen LogP contribution >= 0.6 is 0 Å². The van der Waals surface area contributed by atoms with Crippen LogP contribution in [-0.4, -0.2) is 32.3 Å². The number of carbonyl (C=O) groups is 1. The van der Waals surface area contributed by atoms with Gasteiger partial charge in [0.2, 0.25) is 0 Å². The topological polar surface area (TPSA) is 79.1 Å². The second-order valence-electron chi connectivity index (χ2n) is 5.68. The number of ether oxygens (including phenoxy) is 2. The van der Waals surface area contributed by atoms with Gasteiger partial charge in [-0.25, -0.2) is 9.48 Å². The summed E-state index contributed by atoms with van der Waals surface area (Å²) in [5, 5.41) is 11.0. The lowest BCUT2D eigenvalue weighted by Gasteiger charge is -2.15. The maximum Gasteiger partial charge on any atom is 0.352 e. The molecule has 0 fully saturated rings. The zero-order valence-electron chi connectivity index (χ0n) is 14.2. The summed E-state index contributed by atoms with van der Waals surface area (Å²) in [6.07, 6.45) is 0.727. The molecule has 128 valence electrons. The van der Waals surface area contributed by atoms with Crippen molar-refractivity contribution in [3.63, 3.8) is 0 Å². The summed E-state index contributed by atoms with van der Waals surface area (Å²) >= 11 is 0. The second-order valence-corrected chi connectivity index (χ2v) is 5.68. The van der Waals surface area contributed by atoms with Gasteiger partial charge in [-0.15, -0.1) is 5.10 Å². The van der Waals surface area contributed by atoms with Gasteiger partial charge < -0.3 is 9.47 Å². The molecule has 0 amide bonds. The van der Waals surface area contributed by atoms with E-state index in [-0.39, 0.29) is 0 Å². The molecule has 7 heteroatoms. The number of aryl methyl sites for hydroxylation is 2. The van der Waals surface area contributed by atoms with Crippen LogP contribution < -0.4 is 9.47 Å². The molecule has 3 aromatic rings. The predicted molar refractivity (Wildman–Crippen MR) is 90.8 cm³/mol. The van der Waals surface area contributed by atoms with Crippen LogP contribution in [0.4, 0.5) is 0 Å². The molecule has 3 rings (SSSR count). The molecular weight excluding hydrogens is 320 g/mol. The second kappa shape index (κ2) is 7.12. The van der Waals surface area contributed by atoms with E-state index in [1.807, 2.05) is 38.1 Å². The fourth-order valence-corrected chi connectivity index (χ4v) is 2.21. The van der Waals surface area contributed by atoms with Crippen molar-refractivity contribution in [2.24, 2.45) is 0 Å². The van der Waals surface area contributed by atoms with Crippen LogP contribution in [0.3, 0.4) is 0 Å². The molecule has 0 bridgehead atoms. The highest BCUT2D eigenvalue weighted by atomic mass is 16.6. The molecule has 1 aromatic heterocycles. The van der Waals surface area contributed by atoms with Crippen molar-refractivity contribution in [1.29, 1.82) is 0 Å². The van der Waals surface area contributed by atoms with Gasteiger partial charge >= 0.3 is 5.97 Å². The maximum absolute atomic E-state index is 12.3. The Balaban J connectivity index is 1.67. The van der Waals surface area contributed by atoms with Crippen LogP contribution in [0.5, 0.6) is 11.5 Å². The molecular formula is C18H18N4O3. The van der Waals surface area contributed by atoms with E-state index in [1.165, 1.54) is 16.6 Å². The van der Waals surface area contributed by atoms with Crippen molar-refractivity contribution >= 4 is 5.97 Å². The number of tetrazole rings is 1. The van der Waals surface area contributed by atoms with Gasteiger partial charge in [-0.3, -0.25) is 0 Å². The van der Waals surface area contributed by atoms with Crippen molar-refractivity contribution in [3.8, 4) is 17.2 Å². The Kier molecular flexibility index (Phi) is 4.74. The highest BCUT2D eigenvalue weighted by Crippen LogP contribution is 2.20. The van der Waals surface area contributed by atoms with Gasteiger partial charge in [0.05, 0.1) is 5.69 Å². The van der Waals surface area contributed by atoms with Crippen LogP contribution in [0.1, 0.15) is 18.1 Å². The maximum atomic E-state index is 12.3. The Morgan fingerprint density at radius 2 is 1.92 bits per heavy atom. The first kappa shape index (κ1) is 16.6. The lowest BCUT2D eigenvalue weighted by molar-refractivity contribution is -0.141. The Bertz CT molecular complexity index is 878. The number of benzene rings is 2. The zero-order chi connectivity index (χ0) is 17.8. The molecule has 0 unspecified atom stereocenters. The van der Waals surface area contributed by atoms with Crippen LogP contribution in [-0.2, 0) is 4.79 Å². The monoisotopic (exact) mass is 338 g/mol. The normalized spacial score (nSPS) is 11.8. The van der Waals surface area contributed by atoms with Crippen LogP contribution in [0.25, 0.3) is 5.69 Å². The van der Waals surface area contributed by atoms with Crippen LogP contribution in [0, 0.1) is 13.8 Å². The van der Waals surface area contributed by atoms with Crippen molar-refractivity contribution in [2.75, 3.05) is 0 Å². The minimum absolute atomic E-state index is 0.397. The first-order valence-electron chi connectivity index (χ1n) is 7.82. The highest BCUT2D eigenvalue weighted by Gasteiger charge is 2.18. The van der Waals surface area contributed by atoms with Crippen molar-refractivity contribution in [3.05, 3.63) is 59.9 Å². The summed E-state index contributed by atoms with van der Waals surface area (Å²) < 4.78 is 12.5. The number of aromatic nitrogens is 4. The summed E-state index contributed by atoms with van der Waals surface area (Å²) in [6, 6.07) is 12.6. The highest BCUT2D eigenvalue weighted by molar-refractivity contribution is 5.77. The Labute approximate surface area is 145 Å². The summed E-state index contributed by atoms with van der Waals surface area (Å²) in [7, 11) is 0. The Hall–Kier alpha value is -3.22. The molecule has 0 aliphatic carbocycles. The number of nitrogens with zero attached hydrogens (tertiary/aromatic N) is 4. The fraction of sp³-hybridized carbons (Fsp3) is 0.222. The standard InChI is InChI=1S/C18H18N4O3/c1-12-7-8-17(9-13(12)2)24-14(3)18(23)25-16-6-4-5-15(10-16)22-11-19-20-21-22/h4-11,14H,1-3H3/t14-/m0/s1. The first-order valence-corrected chi connectivity index (χ1v) is 7.82. The van der Waals surface area contributed by atoms with Crippen molar-refractivity contribution in [2.45, 2.75) is 26.9 Å². The van der Waals surface area contributed by atoms with Crippen molar-refractivity contribution in [1.82, 2.24) is 20.2 Å². The lowest BCUT2D eigenvalue weighted by atomic mass is 10.1. The molecule has 0 aliphatic rings. The number of hydrogen-bond acceptors (Lipinski definition) is 6. The van der Waals surface area contributed by atoms with E-state index in [0.717, 1.165) is 5.56 Å². The fourth-order valence-electron chi connectivity index (χ4n) is 2.21. The largest absolute Gasteiger partial charge is 0.479 e. The minimum Gasteiger partial charge on any atom is -0.479 e. The summed E-state index contributed by atoms with van der Waals surface area (Å²) in [4.78, 5) is 12.3. The SMILES string of the molecule is Cc1ccc(O[C@@H](C)C(=O)Oc2cccc(-n3cnnn3)c2)cc1C. The van der Waals surface area contributed by atoms with Crippen LogP contribution in [0.2, 0.25) is 0 Å². The number of rotatable bonds is 5. The van der Waals surface area contributed by atoms with Gasteiger partial charge in [0, 0.05) is 6.07 Å². The average molecular weight is 338 g/mol. The Morgan fingerprint density at radius 3 is 2.64 bits per heavy atom. The van der Waals surface area contributed by atoms with E-state index in [0.29, 0.717) is 17.2 Å². The van der Waals surface area contributed by atoms with Gasteiger partial charge in [0.1, 0.15) is 17.8 Å². The molecule has 1 atom stereocenters. The molecule has 0 spiro atoms. The predicted octanol–water partition coefficient (Wildman–Crippen LogP) is 2.65. The molecule has 0 aliphatic heterocycles. The summed E-state index contributed by atoms with van der Waals surface area (Å²) in [5.74, 6) is 0.552. The first-order chi connectivity index (χ1) is 12.0. The number of esters is 1. The lowest BCUT2D eigenvalue weighted by Crippen LogP contribution is -2.28. The molecule has 0 radical (unpaired) electrons.